The fourth-order valence-corrected chi connectivity index (χ4v) is 2.83. The second-order valence-electron chi connectivity index (χ2n) is 6.24. The molecule has 3 aromatic rings. The summed E-state index contributed by atoms with van der Waals surface area (Å²) in [5.41, 5.74) is 2.42. The first-order valence-corrected chi connectivity index (χ1v) is 9.52. The molecular weight excluding hydrogens is 424 g/mol. The van der Waals surface area contributed by atoms with Crippen LogP contribution in [0.5, 0.6) is 11.5 Å². The minimum Gasteiger partial charge on any atom is -0.497 e. The number of nitrogens with one attached hydrogen (secondary N) is 3. The Labute approximate surface area is 183 Å². The number of thiocarbonyl (C=S) groups is 1. The molecule has 0 atom stereocenters. The Morgan fingerprint density at radius 3 is 1.71 bits per heavy atom. The fraction of sp³-hybridized carbons (Fsp3) is 0.0909. The summed E-state index contributed by atoms with van der Waals surface area (Å²) >= 11 is 5.25. The van der Waals surface area contributed by atoms with Crippen LogP contribution in [0.1, 0.15) is 10.4 Å². The van der Waals surface area contributed by atoms with Crippen LogP contribution in [0.25, 0.3) is 0 Å². The smallest absolute Gasteiger partial charge is 0.387 e. The monoisotopic (exact) mass is 443 g/mol. The molecule has 6 nitrogen and oxygen atoms in total. The van der Waals surface area contributed by atoms with E-state index in [1.165, 1.54) is 12.1 Å². The third-order valence-corrected chi connectivity index (χ3v) is 4.29. The molecule has 0 aliphatic rings. The quantitative estimate of drug-likeness (QED) is 0.427. The zero-order chi connectivity index (χ0) is 22.2. The summed E-state index contributed by atoms with van der Waals surface area (Å²) in [5, 5.41) is 9.04. The number of alkyl halides is 2. The average molecular weight is 443 g/mol. The molecule has 0 saturated carbocycles. The predicted octanol–water partition coefficient (Wildman–Crippen LogP) is 5.36. The van der Waals surface area contributed by atoms with Crippen molar-refractivity contribution in [1.29, 1.82) is 0 Å². The van der Waals surface area contributed by atoms with Crippen LogP contribution in [-0.4, -0.2) is 24.7 Å². The van der Waals surface area contributed by atoms with Crippen molar-refractivity contribution in [3.63, 3.8) is 0 Å². The van der Waals surface area contributed by atoms with Gasteiger partial charge in [0.15, 0.2) is 5.11 Å². The van der Waals surface area contributed by atoms with Crippen molar-refractivity contribution >= 4 is 40.3 Å². The number of rotatable bonds is 7. The molecule has 0 heterocycles. The Hall–Kier alpha value is -3.72. The molecule has 0 unspecified atom stereocenters. The molecule has 3 rings (SSSR count). The first-order valence-electron chi connectivity index (χ1n) is 9.11. The van der Waals surface area contributed by atoms with Gasteiger partial charge in [0.1, 0.15) is 11.5 Å². The first kappa shape index (κ1) is 22.0. The first-order chi connectivity index (χ1) is 14.9. The molecule has 0 aliphatic carbocycles. The zero-order valence-corrected chi connectivity index (χ0v) is 17.2. The molecule has 0 aromatic heterocycles. The Morgan fingerprint density at radius 2 is 1.23 bits per heavy atom. The van der Waals surface area contributed by atoms with Gasteiger partial charge >= 0.3 is 6.61 Å². The SMILES string of the molecule is COc1ccc(NC(=O)c2ccc(NC(=S)Nc3ccc(OC(F)F)cc3)cc2)cc1. The van der Waals surface area contributed by atoms with Crippen LogP contribution in [0.2, 0.25) is 0 Å². The number of hydrogen-bond donors (Lipinski definition) is 3. The van der Waals surface area contributed by atoms with Crippen molar-refractivity contribution in [2.24, 2.45) is 0 Å². The van der Waals surface area contributed by atoms with Gasteiger partial charge in [-0.1, -0.05) is 0 Å². The van der Waals surface area contributed by atoms with Crippen molar-refractivity contribution in [1.82, 2.24) is 0 Å². The highest BCUT2D eigenvalue weighted by atomic mass is 32.1. The van der Waals surface area contributed by atoms with Gasteiger partial charge < -0.3 is 25.4 Å². The van der Waals surface area contributed by atoms with Crippen LogP contribution in [0.3, 0.4) is 0 Å². The second-order valence-corrected chi connectivity index (χ2v) is 6.65. The number of carbonyl (C=O) groups is 1. The van der Waals surface area contributed by atoms with Crippen molar-refractivity contribution in [3.8, 4) is 11.5 Å². The maximum atomic E-state index is 12.4. The average Bonchev–Trinajstić information content (AvgIpc) is 2.76. The molecule has 0 radical (unpaired) electrons. The minimum atomic E-state index is -2.87. The maximum absolute atomic E-state index is 12.4. The van der Waals surface area contributed by atoms with Gasteiger partial charge in [-0.2, -0.15) is 8.78 Å². The van der Waals surface area contributed by atoms with Crippen LogP contribution in [-0.2, 0) is 0 Å². The number of methoxy groups -OCH3 is 1. The van der Waals surface area contributed by atoms with Gasteiger partial charge in [0.05, 0.1) is 7.11 Å². The van der Waals surface area contributed by atoms with E-state index >= 15 is 0 Å². The molecule has 160 valence electrons. The van der Waals surface area contributed by atoms with Gasteiger partial charge in [0.2, 0.25) is 0 Å². The lowest BCUT2D eigenvalue weighted by atomic mass is 10.2. The molecule has 3 N–H and O–H groups in total. The molecule has 3 aromatic carbocycles. The van der Waals surface area contributed by atoms with E-state index in [-0.39, 0.29) is 11.7 Å². The van der Waals surface area contributed by atoms with Crippen molar-refractivity contribution in [2.45, 2.75) is 6.61 Å². The van der Waals surface area contributed by atoms with E-state index in [0.29, 0.717) is 33.5 Å². The predicted molar refractivity (Wildman–Crippen MR) is 120 cm³/mol. The highest BCUT2D eigenvalue weighted by Crippen LogP contribution is 2.19. The van der Waals surface area contributed by atoms with E-state index in [2.05, 4.69) is 20.7 Å². The van der Waals surface area contributed by atoms with E-state index in [1.807, 2.05) is 0 Å². The lowest BCUT2D eigenvalue weighted by Crippen LogP contribution is -2.19. The second kappa shape index (κ2) is 10.4. The highest BCUT2D eigenvalue weighted by molar-refractivity contribution is 7.80. The Morgan fingerprint density at radius 1 is 0.774 bits per heavy atom. The number of hydrogen-bond acceptors (Lipinski definition) is 4. The molecule has 31 heavy (non-hydrogen) atoms. The highest BCUT2D eigenvalue weighted by Gasteiger charge is 2.08. The van der Waals surface area contributed by atoms with Crippen molar-refractivity contribution in [3.05, 3.63) is 78.4 Å². The summed E-state index contributed by atoms with van der Waals surface area (Å²) < 4.78 is 33.8. The third-order valence-electron chi connectivity index (χ3n) is 4.09. The van der Waals surface area contributed by atoms with Gasteiger partial charge in [-0.3, -0.25) is 4.79 Å². The number of anilines is 3. The van der Waals surface area contributed by atoms with Crippen LogP contribution in [0.15, 0.2) is 72.8 Å². The molecule has 0 saturated heterocycles. The third kappa shape index (κ3) is 6.65. The summed E-state index contributed by atoms with van der Waals surface area (Å²) in [5.74, 6) is 0.516. The van der Waals surface area contributed by atoms with Crippen LogP contribution < -0.4 is 25.4 Å². The Balaban J connectivity index is 1.53. The standard InChI is InChI=1S/C22H19F2N3O3S/c1-29-18-10-6-15(7-11-18)25-20(28)14-2-4-16(5-3-14)26-22(31)27-17-8-12-19(13-9-17)30-21(23)24/h2-13,21H,1H3,(H,25,28)(H2,26,27,31). The number of carbonyl (C=O) groups excluding carboxylic acids is 1. The maximum Gasteiger partial charge on any atom is 0.387 e. The molecular formula is C22H19F2N3O3S. The lowest BCUT2D eigenvalue weighted by Gasteiger charge is -2.12. The number of ether oxygens (including phenoxy) is 2. The molecule has 0 bridgehead atoms. The molecule has 0 spiro atoms. The van der Waals surface area contributed by atoms with E-state index in [0.717, 1.165) is 0 Å². The van der Waals surface area contributed by atoms with Crippen molar-refractivity contribution in [2.75, 3.05) is 23.1 Å². The Kier molecular flexibility index (Phi) is 7.34. The largest absolute Gasteiger partial charge is 0.497 e. The molecule has 1 amide bonds. The minimum absolute atomic E-state index is 0.0583. The van der Waals surface area contributed by atoms with E-state index in [4.69, 9.17) is 17.0 Å². The fourth-order valence-electron chi connectivity index (χ4n) is 2.60. The summed E-state index contributed by atoms with van der Waals surface area (Å²) in [7, 11) is 1.58. The van der Waals surface area contributed by atoms with E-state index in [9.17, 15) is 13.6 Å². The summed E-state index contributed by atoms with van der Waals surface area (Å²) in [6.45, 7) is -2.87. The lowest BCUT2D eigenvalue weighted by molar-refractivity contribution is -0.0498. The Bertz CT molecular complexity index is 1030. The van der Waals surface area contributed by atoms with Gasteiger partial charge in [-0.15, -0.1) is 0 Å². The number of amides is 1. The van der Waals surface area contributed by atoms with Gasteiger partial charge in [0.25, 0.3) is 5.91 Å². The number of benzene rings is 3. The topological polar surface area (TPSA) is 71.6 Å². The van der Waals surface area contributed by atoms with Crippen LogP contribution in [0, 0.1) is 0 Å². The molecule has 9 heteroatoms. The summed E-state index contributed by atoms with van der Waals surface area (Å²) in [4.78, 5) is 12.4. The van der Waals surface area contributed by atoms with Gasteiger partial charge in [0, 0.05) is 22.6 Å². The van der Waals surface area contributed by atoms with E-state index in [1.54, 1.807) is 67.8 Å². The zero-order valence-electron chi connectivity index (χ0n) is 16.4. The van der Waals surface area contributed by atoms with Gasteiger partial charge in [-0.25, -0.2) is 0 Å². The van der Waals surface area contributed by atoms with Crippen LogP contribution >= 0.6 is 12.2 Å². The summed E-state index contributed by atoms with van der Waals surface area (Å²) in [6.07, 6.45) is 0. The molecule has 0 fully saturated rings. The molecule has 0 aliphatic heterocycles. The van der Waals surface area contributed by atoms with Gasteiger partial charge in [-0.05, 0) is 85.0 Å². The van der Waals surface area contributed by atoms with Crippen molar-refractivity contribution < 1.29 is 23.0 Å². The van der Waals surface area contributed by atoms with E-state index < -0.39 is 6.61 Å². The van der Waals surface area contributed by atoms with Crippen LogP contribution in [0.4, 0.5) is 25.8 Å². The summed E-state index contributed by atoms with van der Waals surface area (Å²) in [6, 6.07) is 19.8. The number of halogens is 2. The normalized spacial score (nSPS) is 10.3.